The summed E-state index contributed by atoms with van der Waals surface area (Å²) in [6.45, 7) is 2.05. The second-order valence-electron chi connectivity index (χ2n) is 4.55. The van der Waals surface area contributed by atoms with Crippen LogP contribution in [-0.4, -0.2) is 22.6 Å². The summed E-state index contributed by atoms with van der Waals surface area (Å²) in [5.74, 6) is 0.561. The van der Waals surface area contributed by atoms with Crippen LogP contribution in [0.2, 0.25) is 0 Å². The Balaban J connectivity index is 1.90. The molecular weight excluding hydrogens is 224 g/mol. The van der Waals surface area contributed by atoms with E-state index in [-0.39, 0.29) is 0 Å². The van der Waals surface area contributed by atoms with E-state index in [1.165, 1.54) is 5.69 Å². The predicted octanol–water partition coefficient (Wildman–Crippen LogP) is 1.63. The van der Waals surface area contributed by atoms with Crippen molar-refractivity contribution in [3.05, 3.63) is 48.0 Å². The highest BCUT2D eigenvalue weighted by atomic mass is 15.1. The maximum atomic E-state index is 8.66. The molecule has 0 bridgehead atoms. The van der Waals surface area contributed by atoms with Gasteiger partial charge in [-0.2, -0.15) is 5.26 Å². The molecule has 3 rings (SSSR count). The van der Waals surface area contributed by atoms with E-state index in [4.69, 9.17) is 5.26 Å². The number of benzene rings is 1. The molecule has 0 saturated carbocycles. The maximum Gasteiger partial charge on any atom is 0.0994 e. The zero-order valence-electron chi connectivity index (χ0n) is 10.0. The summed E-state index contributed by atoms with van der Waals surface area (Å²) in [4.78, 5) is 4.24. The van der Waals surface area contributed by atoms with Crippen LogP contribution in [0.5, 0.6) is 0 Å². The minimum atomic E-state index is 0.462. The summed E-state index contributed by atoms with van der Waals surface area (Å²) in [7, 11) is 0. The zero-order chi connectivity index (χ0) is 12.4. The summed E-state index contributed by atoms with van der Waals surface area (Å²) >= 11 is 0. The van der Waals surface area contributed by atoms with Crippen molar-refractivity contribution in [2.75, 3.05) is 13.1 Å². The number of aromatic nitrogens is 2. The van der Waals surface area contributed by atoms with Gasteiger partial charge in [-0.3, -0.25) is 0 Å². The first-order chi connectivity index (χ1) is 8.88. The maximum absolute atomic E-state index is 8.66. The Hall–Kier alpha value is -2.12. The summed E-state index contributed by atoms with van der Waals surface area (Å²) in [6, 6.07) is 10.3. The summed E-state index contributed by atoms with van der Waals surface area (Å²) in [6.07, 6.45) is 4.26. The van der Waals surface area contributed by atoms with Crippen LogP contribution in [0.3, 0.4) is 0 Å². The Kier molecular flexibility index (Phi) is 2.83. The van der Waals surface area contributed by atoms with Crippen LogP contribution in [-0.2, 0) is 6.42 Å². The summed E-state index contributed by atoms with van der Waals surface area (Å²) in [5, 5.41) is 11.9. The smallest absolute Gasteiger partial charge is 0.0994 e. The minimum absolute atomic E-state index is 0.462. The van der Waals surface area contributed by atoms with E-state index >= 15 is 0 Å². The molecule has 1 aliphatic rings. The van der Waals surface area contributed by atoms with Crippen molar-refractivity contribution >= 4 is 0 Å². The highest BCUT2D eigenvalue weighted by Gasteiger charge is 2.22. The van der Waals surface area contributed by atoms with E-state index < -0.39 is 0 Å². The Morgan fingerprint density at radius 1 is 1.33 bits per heavy atom. The molecule has 1 saturated heterocycles. The normalized spacial score (nSPS) is 15.1. The van der Waals surface area contributed by atoms with Crippen LogP contribution >= 0.6 is 0 Å². The number of nitrogens with one attached hydrogen (secondary N) is 1. The van der Waals surface area contributed by atoms with Crippen molar-refractivity contribution in [2.45, 2.75) is 12.3 Å². The van der Waals surface area contributed by atoms with Gasteiger partial charge in [0, 0.05) is 36.6 Å². The second-order valence-corrected chi connectivity index (χ2v) is 4.55. The molecule has 0 amide bonds. The van der Waals surface area contributed by atoms with E-state index in [2.05, 4.69) is 20.9 Å². The standard InChI is InChI=1S/C14H14N4/c15-6-5-11-1-3-13(4-2-11)18-10-17-9-14(18)12-7-16-8-12/h1-4,9-10,12,16H,5,7-8H2. The molecule has 18 heavy (non-hydrogen) atoms. The van der Waals surface area contributed by atoms with Crippen molar-refractivity contribution in [2.24, 2.45) is 0 Å². The largest absolute Gasteiger partial charge is 0.315 e. The molecule has 1 aliphatic heterocycles. The minimum Gasteiger partial charge on any atom is -0.315 e. The van der Waals surface area contributed by atoms with Crippen LogP contribution in [0.4, 0.5) is 0 Å². The lowest BCUT2D eigenvalue weighted by molar-refractivity contribution is 0.435. The molecule has 0 unspecified atom stereocenters. The number of hydrogen-bond acceptors (Lipinski definition) is 3. The van der Waals surface area contributed by atoms with E-state index in [1.807, 2.05) is 36.8 Å². The third-order valence-corrected chi connectivity index (χ3v) is 3.36. The van der Waals surface area contributed by atoms with Crippen LogP contribution in [0.1, 0.15) is 17.2 Å². The number of rotatable bonds is 3. The Bertz CT molecular complexity index is 573. The molecule has 1 N–H and O–H groups in total. The van der Waals surface area contributed by atoms with E-state index in [0.717, 1.165) is 24.3 Å². The molecule has 0 atom stereocenters. The number of nitrogens with zero attached hydrogens (tertiary/aromatic N) is 3. The topological polar surface area (TPSA) is 53.6 Å². The molecular formula is C14H14N4. The van der Waals surface area contributed by atoms with E-state index in [9.17, 15) is 0 Å². The van der Waals surface area contributed by atoms with E-state index in [1.54, 1.807) is 0 Å². The molecule has 2 heterocycles. The van der Waals surface area contributed by atoms with Crippen LogP contribution in [0, 0.1) is 11.3 Å². The fourth-order valence-corrected chi connectivity index (χ4v) is 2.19. The van der Waals surface area contributed by atoms with Gasteiger partial charge in [-0.05, 0) is 17.7 Å². The Morgan fingerprint density at radius 2 is 2.11 bits per heavy atom. The molecule has 1 fully saturated rings. The second kappa shape index (κ2) is 4.63. The van der Waals surface area contributed by atoms with E-state index in [0.29, 0.717) is 12.3 Å². The van der Waals surface area contributed by atoms with Gasteiger partial charge in [0.25, 0.3) is 0 Å². The lowest BCUT2D eigenvalue weighted by atomic mass is 9.99. The highest BCUT2D eigenvalue weighted by Crippen LogP contribution is 2.22. The van der Waals surface area contributed by atoms with Gasteiger partial charge in [-0.1, -0.05) is 12.1 Å². The van der Waals surface area contributed by atoms with Crippen molar-refractivity contribution in [3.63, 3.8) is 0 Å². The summed E-state index contributed by atoms with van der Waals surface area (Å²) < 4.78 is 2.13. The van der Waals surface area contributed by atoms with Crippen molar-refractivity contribution in [3.8, 4) is 11.8 Å². The molecule has 90 valence electrons. The van der Waals surface area contributed by atoms with Crippen molar-refractivity contribution in [1.29, 1.82) is 5.26 Å². The molecule has 1 aromatic carbocycles. The molecule has 1 aromatic heterocycles. The van der Waals surface area contributed by atoms with Gasteiger partial charge < -0.3 is 9.88 Å². The first-order valence-corrected chi connectivity index (χ1v) is 6.07. The average Bonchev–Trinajstić information content (AvgIpc) is 2.77. The molecule has 4 nitrogen and oxygen atoms in total. The Labute approximate surface area is 106 Å². The fraction of sp³-hybridized carbons (Fsp3) is 0.286. The monoisotopic (exact) mass is 238 g/mol. The van der Waals surface area contributed by atoms with Gasteiger partial charge in [-0.25, -0.2) is 4.98 Å². The number of imidazole rings is 1. The first kappa shape index (κ1) is 11.0. The highest BCUT2D eigenvalue weighted by molar-refractivity contribution is 5.38. The zero-order valence-corrected chi connectivity index (χ0v) is 10.0. The van der Waals surface area contributed by atoms with Gasteiger partial charge in [0.2, 0.25) is 0 Å². The Morgan fingerprint density at radius 3 is 2.72 bits per heavy atom. The van der Waals surface area contributed by atoms with Gasteiger partial charge in [0.1, 0.15) is 0 Å². The number of hydrogen-bond donors (Lipinski definition) is 1. The van der Waals surface area contributed by atoms with Crippen molar-refractivity contribution in [1.82, 2.24) is 14.9 Å². The first-order valence-electron chi connectivity index (χ1n) is 6.07. The summed E-state index contributed by atoms with van der Waals surface area (Å²) in [5.41, 5.74) is 3.41. The van der Waals surface area contributed by atoms with Gasteiger partial charge >= 0.3 is 0 Å². The SMILES string of the molecule is N#CCc1ccc(-n2cncc2C2CNC2)cc1. The third-order valence-electron chi connectivity index (χ3n) is 3.36. The molecule has 2 aromatic rings. The molecule has 0 aliphatic carbocycles. The van der Waals surface area contributed by atoms with Gasteiger partial charge in [0.05, 0.1) is 18.8 Å². The average molecular weight is 238 g/mol. The molecule has 0 radical (unpaired) electrons. The lowest BCUT2D eigenvalue weighted by Crippen LogP contribution is -2.40. The lowest BCUT2D eigenvalue weighted by Gasteiger charge is -2.27. The van der Waals surface area contributed by atoms with Gasteiger partial charge in [0.15, 0.2) is 0 Å². The predicted molar refractivity (Wildman–Crippen MR) is 68.5 cm³/mol. The van der Waals surface area contributed by atoms with Gasteiger partial charge in [-0.15, -0.1) is 0 Å². The van der Waals surface area contributed by atoms with Crippen LogP contribution in [0.25, 0.3) is 5.69 Å². The number of nitriles is 1. The van der Waals surface area contributed by atoms with Crippen LogP contribution in [0.15, 0.2) is 36.8 Å². The quantitative estimate of drug-likeness (QED) is 0.884. The third kappa shape index (κ3) is 1.89. The van der Waals surface area contributed by atoms with Crippen molar-refractivity contribution < 1.29 is 0 Å². The van der Waals surface area contributed by atoms with Crippen LogP contribution < -0.4 is 5.32 Å². The molecule has 0 spiro atoms. The fourth-order valence-electron chi connectivity index (χ4n) is 2.19. The molecule has 4 heteroatoms.